The second kappa shape index (κ2) is 6.44. The summed E-state index contributed by atoms with van der Waals surface area (Å²) in [6.07, 6.45) is 10.2. The summed E-state index contributed by atoms with van der Waals surface area (Å²) in [4.78, 5) is 0. The van der Waals surface area contributed by atoms with E-state index in [2.05, 4.69) is 6.92 Å². The molecule has 0 aromatic heterocycles. The van der Waals surface area contributed by atoms with Crippen molar-refractivity contribution in [3.63, 3.8) is 0 Å². The van der Waals surface area contributed by atoms with Gasteiger partial charge in [0.25, 0.3) is 5.92 Å². The number of hydrogen-bond donors (Lipinski definition) is 0. The van der Waals surface area contributed by atoms with E-state index in [1.54, 1.807) is 0 Å². The van der Waals surface area contributed by atoms with Crippen molar-refractivity contribution in [1.82, 2.24) is 0 Å². The van der Waals surface area contributed by atoms with Gasteiger partial charge in [-0.2, -0.15) is 0 Å². The predicted molar refractivity (Wildman–Crippen MR) is 60.3 cm³/mol. The zero-order chi connectivity index (χ0) is 11.1. The van der Waals surface area contributed by atoms with Gasteiger partial charge in [0.1, 0.15) is 0 Å². The quantitative estimate of drug-likeness (QED) is 0.493. The highest BCUT2D eigenvalue weighted by molar-refractivity contribution is 4.87. The smallest absolute Gasteiger partial charge is 0.207 e. The van der Waals surface area contributed by atoms with Gasteiger partial charge in [0.2, 0.25) is 0 Å². The van der Waals surface area contributed by atoms with Gasteiger partial charge in [-0.1, -0.05) is 51.9 Å². The summed E-state index contributed by atoms with van der Waals surface area (Å²) in [5, 5.41) is 0. The van der Waals surface area contributed by atoms with Crippen molar-refractivity contribution in [2.24, 2.45) is 5.92 Å². The van der Waals surface area contributed by atoms with Crippen LogP contribution in [0.25, 0.3) is 0 Å². The Morgan fingerprint density at radius 3 is 2.07 bits per heavy atom. The van der Waals surface area contributed by atoms with Crippen LogP contribution < -0.4 is 0 Å². The molecule has 1 fully saturated rings. The molecular weight excluding hydrogens is 194 g/mol. The minimum Gasteiger partial charge on any atom is -0.207 e. The van der Waals surface area contributed by atoms with Crippen molar-refractivity contribution in [2.75, 3.05) is 0 Å². The van der Waals surface area contributed by atoms with Crippen molar-refractivity contribution in [1.29, 1.82) is 0 Å². The molecule has 1 aliphatic carbocycles. The van der Waals surface area contributed by atoms with E-state index in [0.29, 0.717) is 0 Å². The zero-order valence-corrected chi connectivity index (χ0v) is 9.90. The van der Waals surface area contributed by atoms with Crippen molar-refractivity contribution in [2.45, 2.75) is 77.1 Å². The Hall–Kier alpha value is -0.140. The van der Waals surface area contributed by atoms with Crippen molar-refractivity contribution >= 4 is 0 Å². The van der Waals surface area contributed by atoms with Gasteiger partial charge >= 0.3 is 0 Å². The molecule has 0 aliphatic heterocycles. The second-order valence-electron chi connectivity index (χ2n) is 4.91. The standard InChI is InChI=1S/C13H24F2/c1-2-3-4-5-6-7-8-9-12-10-11-13(12,14)15/h12H,2-11H2,1H3. The first-order chi connectivity index (χ1) is 7.17. The molecule has 0 heterocycles. The zero-order valence-electron chi connectivity index (χ0n) is 9.90. The van der Waals surface area contributed by atoms with E-state index in [1.165, 1.54) is 32.1 Å². The molecule has 0 saturated heterocycles. The largest absolute Gasteiger partial charge is 0.250 e. The maximum absolute atomic E-state index is 12.9. The van der Waals surface area contributed by atoms with Crippen LogP contribution in [0, 0.1) is 5.92 Å². The number of hydrogen-bond acceptors (Lipinski definition) is 0. The molecule has 1 rings (SSSR count). The van der Waals surface area contributed by atoms with Gasteiger partial charge in [0.05, 0.1) is 0 Å². The number of halogens is 2. The Kier molecular flexibility index (Phi) is 5.55. The Labute approximate surface area is 92.4 Å². The average Bonchev–Trinajstić information content (AvgIpc) is 2.20. The van der Waals surface area contributed by atoms with Gasteiger partial charge in [-0.15, -0.1) is 0 Å². The summed E-state index contributed by atoms with van der Waals surface area (Å²) >= 11 is 0. The predicted octanol–water partition coefficient (Wildman–Crippen LogP) is 5.17. The fourth-order valence-electron chi connectivity index (χ4n) is 2.27. The highest BCUT2D eigenvalue weighted by Gasteiger charge is 2.47. The topological polar surface area (TPSA) is 0 Å². The third kappa shape index (κ3) is 4.48. The van der Waals surface area contributed by atoms with E-state index in [9.17, 15) is 8.78 Å². The van der Waals surface area contributed by atoms with E-state index >= 15 is 0 Å². The maximum atomic E-state index is 12.9. The monoisotopic (exact) mass is 218 g/mol. The molecule has 90 valence electrons. The summed E-state index contributed by atoms with van der Waals surface area (Å²) in [6.45, 7) is 2.21. The molecule has 1 unspecified atom stereocenters. The Bertz CT molecular complexity index is 166. The lowest BCUT2D eigenvalue weighted by atomic mass is 9.77. The summed E-state index contributed by atoms with van der Waals surface area (Å²) < 4.78 is 25.8. The molecule has 0 bridgehead atoms. The SMILES string of the molecule is CCCCCCCCCC1CCC1(F)F. The molecule has 0 amide bonds. The lowest BCUT2D eigenvalue weighted by Crippen LogP contribution is -2.38. The molecule has 0 nitrogen and oxygen atoms in total. The molecular formula is C13H24F2. The van der Waals surface area contributed by atoms with Crippen LogP contribution in [0.3, 0.4) is 0 Å². The van der Waals surface area contributed by atoms with E-state index in [4.69, 9.17) is 0 Å². The summed E-state index contributed by atoms with van der Waals surface area (Å²) in [5.41, 5.74) is 0. The maximum Gasteiger partial charge on any atom is 0.250 e. The van der Waals surface area contributed by atoms with Gasteiger partial charge < -0.3 is 0 Å². The first kappa shape index (κ1) is 12.9. The van der Waals surface area contributed by atoms with Gasteiger partial charge in [-0.25, -0.2) is 8.78 Å². The highest BCUT2D eigenvalue weighted by atomic mass is 19.3. The Morgan fingerprint density at radius 1 is 1.00 bits per heavy atom. The van der Waals surface area contributed by atoms with Crippen molar-refractivity contribution in [3.05, 3.63) is 0 Å². The van der Waals surface area contributed by atoms with Crippen LogP contribution in [0.1, 0.15) is 71.1 Å². The number of alkyl halides is 2. The van der Waals surface area contributed by atoms with E-state index in [1.807, 2.05) is 0 Å². The van der Waals surface area contributed by atoms with Gasteiger partial charge in [0.15, 0.2) is 0 Å². The average molecular weight is 218 g/mol. The van der Waals surface area contributed by atoms with E-state index in [0.717, 1.165) is 25.7 Å². The number of unbranched alkanes of at least 4 members (excludes halogenated alkanes) is 6. The minimum atomic E-state index is -2.32. The molecule has 1 atom stereocenters. The van der Waals surface area contributed by atoms with Crippen LogP contribution in [-0.4, -0.2) is 5.92 Å². The second-order valence-corrected chi connectivity index (χ2v) is 4.91. The van der Waals surface area contributed by atoms with Crippen LogP contribution in [0.2, 0.25) is 0 Å². The first-order valence-corrected chi connectivity index (χ1v) is 6.54. The van der Waals surface area contributed by atoms with E-state index < -0.39 is 5.92 Å². The van der Waals surface area contributed by atoms with Crippen LogP contribution in [0.15, 0.2) is 0 Å². The molecule has 1 saturated carbocycles. The molecule has 2 heteroatoms. The molecule has 0 spiro atoms. The van der Waals surface area contributed by atoms with Gasteiger partial charge in [-0.05, 0) is 12.8 Å². The molecule has 0 radical (unpaired) electrons. The van der Waals surface area contributed by atoms with Crippen LogP contribution in [-0.2, 0) is 0 Å². The van der Waals surface area contributed by atoms with Crippen molar-refractivity contribution < 1.29 is 8.78 Å². The third-order valence-corrected chi connectivity index (χ3v) is 3.58. The molecule has 1 aliphatic rings. The van der Waals surface area contributed by atoms with Crippen molar-refractivity contribution in [3.8, 4) is 0 Å². The normalized spacial score (nSPS) is 23.8. The fourth-order valence-corrected chi connectivity index (χ4v) is 2.27. The van der Waals surface area contributed by atoms with Crippen LogP contribution in [0.4, 0.5) is 8.78 Å². The molecule has 0 N–H and O–H groups in total. The Balaban J connectivity index is 1.85. The molecule has 0 aromatic rings. The highest BCUT2D eigenvalue weighted by Crippen LogP contribution is 2.45. The summed E-state index contributed by atoms with van der Waals surface area (Å²) in [7, 11) is 0. The van der Waals surface area contributed by atoms with Gasteiger partial charge in [-0.3, -0.25) is 0 Å². The fraction of sp³-hybridized carbons (Fsp3) is 1.00. The third-order valence-electron chi connectivity index (χ3n) is 3.58. The summed E-state index contributed by atoms with van der Waals surface area (Å²) in [6, 6.07) is 0. The first-order valence-electron chi connectivity index (χ1n) is 6.54. The van der Waals surface area contributed by atoms with E-state index in [-0.39, 0.29) is 12.3 Å². The van der Waals surface area contributed by atoms with Crippen LogP contribution in [0.5, 0.6) is 0 Å². The number of rotatable bonds is 8. The molecule has 0 aromatic carbocycles. The lowest BCUT2D eigenvalue weighted by Gasteiger charge is -2.36. The summed E-state index contributed by atoms with van der Waals surface area (Å²) in [5.74, 6) is -2.60. The Morgan fingerprint density at radius 2 is 1.60 bits per heavy atom. The lowest BCUT2D eigenvalue weighted by molar-refractivity contribution is -0.135. The minimum absolute atomic E-state index is 0.133. The molecule has 15 heavy (non-hydrogen) atoms. The van der Waals surface area contributed by atoms with Crippen LogP contribution >= 0.6 is 0 Å². The van der Waals surface area contributed by atoms with Gasteiger partial charge in [0, 0.05) is 12.3 Å².